The third-order valence-corrected chi connectivity index (χ3v) is 11.8. The van der Waals surface area contributed by atoms with E-state index in [9.17, 15) is 30.0 Å². The van der Waals surface area contributed by atoms with Crippen LogP contribution in [0, 0.1) is 0 Å². The second-order valence-electron chi connectivity index (χ2n) is 17.5. The van der Waals surface area contributed by atoms with Gasteiger partial charge in [0.1, 0.15) is 30.4 Å². The normalized spacial score (nSPS) is 20.2. The van der Waals surface area contributed by atoms with Crippen molar-refractivity contribution in [1.82, 2.24) is 10.2 Å². The molecule has 0 aromatic rings. The highest BCUT2D eigenvalue weighted by molar-refractivity contribution is 5.89. The van der Waals surface area contributed by atoms with Gasteiger partial charge in [-0.1, -0.05) is 83.4 Å². The van der Waals surface area contributed by atoms with E-state index in [1.165, 1.54) is 43.4 Å². The average molecular weight is 975 g/mol. The molecular formula is C51H94N2O15. The van der Waals surface area contributed by atoms with Crippen molar-refractivity contribution in [1.29, 1.82) is 0 Å². The Labute approximate surface area is 408 Å². The maximum Gasteiger partial charge on any atom is 0.247 e. The van der Waals surface area contributed by atoms with Crippen molar-refractivity contribution < 1.29 is 72.6 Å². The second kappa shape index (κ2) is 43.7. The Bertz CT molecular complexity index is 1260. The third-order valence-electron chi connectivity index (χ3n) is 11.8. The number of allylic oxidation sites excluding steroid dienone is 4. The summed E-state index contributed by atoms with van der Waals surface area (Å²) in [6, 6.07) is -2.64. The minimum absolute atomic E-state index is 0.0415. The highest BCUT2D eigenvalue weighted by atomic mass is 16.6. The van der Waals surface area contributed by atoms with Crippen LogP contribution >= 0.6 is 0 Å². The summed E-state index contributed by atoms with van der Waals surface area (Å²) in [5.74, 6) is -0.929. The molecule has 17 nitrogen and oxygen atoms in total. The molecule has 17 heteroatoms. The van der Waals surface area contributed by atoms with Gasteiger partial charge in [-0.3, -0.25) is 9.59 Å². The predicted molar refractivity (Wildman–Crippen MR) is 260 cm³/mol. The molecular weight excluding hydrogens is 881 g/mol. The minimum Gasteiger partial charge on any atom is -0.394 e. The first-order valence-corrected chi connectivity index (χ1v) is 26.2. The first-order chi connectivity index (χ1) is 33.3. The number of amides is 2. The van der Waals surface area contributed by atoms with Gasteiger partial charge in [0.05, 0.1) is 99.1 Å². The lowest BCUT2D eigenvalue weighted by Crippen LogP contribution is -2.68. The number of hydrogen-bond acceptors (Lipinski definition) is 15. The van der Waals surface area contributed by atoms with Crippen LogP contribution < -0.4 is 5.32 Å². The molecule has 2 amide bonds. The van der Waals surface area contributed by atoms with Gasteiger partial charge in [0.2, 0.25) is 11.8 Å². The first kappa shape index (κ1) is 62.0. The Morgan fingerprint density at radius 2 is 1.10 bits per heavy atom. The maximum atomic E-state index is 14.2. The molecule has 5 N–H and O–H groups in total. The Kier molecular flexibility index (Phi) is 39.8. The molecule has 1 aliphatic carbocycles. The minimum atomic E-state index is -1.77. The number of ether oxygens (including phenoxy) is 9. The van der Waals surface area contributed by atoms with Gasteiger partial charge in [0.25, 0.3) is 0 Å². The van der Waals surface area contributed by atoms with Gasteiger partial charge in [-0.15, -0.1) is 0 Å². The highest BCUT2D eigenvalue weighted by Crippen LogP contribution is 2.28. The fraction of sp³-hybridized carbons (Fsp3) is 0.882. The number of rotatable bonds is 46. The lowest BCUT2D eigenvalue weighted by Gasteiger charge is -2.47. The van der Waals surface area contributed by atoms with Crippen molar-refractivity contribution in [3.05, 3.63) is 23.9 Å². The number of carbonyl (C=O) groups excluding carboxylic acids is 2. The first-order valence-electron chi connectivity index (χ1n) is 26.2. The molecule has 1 saturated heterocycles. The van der Waals surface area contributed by atoms with Gasteiger partial charge >= 0.3 is 0 Å². The van der Waals surface area contributed by atoms with Gasteiger partial charge in [-0.25, -0.2) is 0 Å². The number of hydrogen-bond donors (Lipinski definition) is 5. The van der Waals surface area contributed by atoms with Crippen LogP contribution in [-0.2, 0) is 52.2 Å². The molecule has 3 unspecified atom stereocenters. The Morgan fingerprint density at radius 3 is 1.57 bits per heavy atom. The van der Waals surface area contributed by atoms with Crippen molar-refractivity contribution >= 4 is 11.8 Å². The monoisotopic (exact) mass is 975 g/mol. The second-order valence-corrected chi connectivity index (χ2v) is 17.5. The van der Waals surface area contributed by atoms with Crippen LogP contribution in [0.3, 0.4) is 0 Å². The number of aliphatic hydroxyl groups is 4. The molecule has 0 aromatic heterocycles. The van der Waals surface area contributed by atoms with Gasteiger partial charge in [-0.2, -0.15) is 0 Å². The molecule has 0 bridgehead atoms. The van der Waals surface area contributed by atoms with E-state index in [-0.39, 0.29) is 32.7 Å². The summed E-state index contributed by atoms with van der Waals surface area (Å²) in [7, 11) is 0. The smallest absolute Gasteiger partial charge is 0.247 e. The fourth-order valence-electron chi connectivity index (χ4n) is 7.98. The highest BCUT2D eigenvalue weighted by Gasteiger charge is 2.50. The number of nitrogens with zero attached hydrogens (tertiary/aromatic N) is 1. The van der Waals surface area contributed by atoms with Crippen LogP contribution in [0.1, 0.15) is 142 Å². The standard InChI is InChI=1S/C51H94N2O15/c1-3-5-6-7-8-9-10-11-12-13-14-15-16-17-21-24-46(55)53(47-49(57)48(56)45(42-54)68-51(47)59)44(50(58)52-43-22-19-18-20-23-43)25-27-61-29-31-63-33-35-65-37-39-67-41-40-66-38-36-64-34-32-62-30-28-60-26-4-2/h11-12,22,44-45,47-49,51,54,56-57,59H,3-10,13-21,23-42H2,1-2H3,(H,52,58)/b12-11-/t44?,45?,47?,48-,49+,51-/m1/s1. The summed E-state index contributed by atoms with van der Waals surface area (Å²) in [6.45, 7) is 10.6. The van der Waals surface area contributed by atoms with E-state index < -0.39 is 55.1 Å². The lowest BCUT2D eigenvalue weighted by molar-refractivity contribution is -0.273. The molecule has 0 saturated carbocycles. The number of nitrogens with one attached hydrogen (secondary N) is 1. The molecule has 6 atom stereocenters. The average Bonchev–Trinajstić information content (AvgIpc) is 3.34. The predicted octanol–water partition coefficient (Wildman–Crippen LogP) is 5.53. The molecule has 1 fully saturated rings. The zero-order valence-corrected chi connectivity index (χ0v) is 42.1. The van der Waals surface area contributed by atoms with Crippen molar-refractivity contribution in [2.45, 2.75) is 179 Å². The summed E-state index contributed by atoms with van der Waals surface area (Å²) in [5, 5.41) is 46.1. The molecule has 398 valence electrons. The molecule has 0 spiro atoms. The summed E-state index contributed by atoms with van der Waals surface area (Å²) < 4.78 is 49.9. The molecule has 2 rings (SSSR count). The molecule has 0 aromatic carbocycles. The fourth-order valence-corrected chi connectivity index (χ4v) is 7.98. The third kappa shape index (κ3) is 29.9. The zero-order valence-electron chi connectivity index (χ0n) is 42.1. The van der Waals surface area contributed by atoms with Crippen molar-refractivity contribution in [2.75, 3.05) is 112 Å². The van der Waals surface area contributed by atoms with Gasteiger partial charge in [-0.05, 0) is 64.2 Å². The quantitative estimate of drug-likeness (QED) is 0.0375. The molecule has 1 aliphatic heterocycles. The summed E-state index contributed by atoms with van der Waals surface area (Å²) in [4.78, 5) is 29.5. The summed E-state index contributed by atoms with van der Waals surface area (Å²) >= 11 is 0. The molecule has 1 heterocycles. The van der Waals surface area contributed by atoms with Crippen molar-refractivity contribution in [2.24, 2.45) is 0 Å². The van der Waals surface area contributed by atoms with E-state index in [4.69, 9.17) is 42.6 Å². The van der Waals surface area contributed by atoms with Crippen molar-refractivity contribution in [3.63, 3.8) is 0 Å². The lowest BCUT2D eigenvalue weighted by atomic mass is 9.93. The van der Waals surface area contributed by atoms with Gasteiger partial charge in [0, 0.05) is 31.8 Å². The molecule has 2 aliphatic rings. The SMILES string of the molecule is CCCCCCCC/C=C\CCCCCCCC(=O)N(C(CCOCCOCCOCCOCCOCCOCCOCCOCCC)C(=O)NC1=CCCCC1)C1[C@H](O)OC(CO)[C@@H](O)[C@H]1O. The van der Waals surface area contributed by atoms with Crippen LogP contribution in [-0.4, -0.2) is 186 Å². The summed E-state index contributed by atoms with van der Waals surface area (Å²) in [5.41, 5.74) is 0.758. The van der Waals surface area contributed by atoms with E-state index in [1.807, 2.05) is 6.08 Å². The van der Waals surface area contributed by atoms with Crippen LogP contribution in [0.4, 0.5) is 0 Å². The number of aliphatic hydroxyl groups excluding tert-OH is 4. The summed E-state index contributed by atoms with van der Waals surface area (Å²) in [6.07, 6.45) is 19.1. The van der Waals surface area contributed by atoms with Crippen molar-refractivity contribution in [3.8, 4) is 0 Å². The van der Waals surface area contributed by atoms with E-state index in [0.29, 0.717) is 92.1 Å². The van der Waals surface area contributed by atoms with E-state index >= 15 is 0 Å². The Hall–Kier alpha value is -2.10. The van der Waals surface area contributed by atoms with E-state index in [2.05, 4.69) is 31.3 Å². The van der Waals surface area contributed by atoms with Crippen LogP contribution in [0.5, 0.6) is 0 Å². The zero-order chi connectivity index (χ0) is 49.1. The molecule has 0 radical (unpaired) electrons. The Morgan fingerprint density at radius 1 is 0.632 bits per heavy atom. The van der Waals surface area contributed by atoms with Crippen LogP contribution in [0.2, 0.25) is 0 Å². The van der Waals surface area contributed by atoms with E-state index in [0.717, 1.165) is 76.5 Å². The largest absolute Gasteiger partial charge is 0.394 e. The topological polar surface area (TPSA) is 213 Å². The number of unbranched alkanes of at least 4 members (excludes halogenated alkanes) is 11. The van der Waals surface area contributed by atoms with Gasteiger partial charge in [0.15, 0.2) is 6.29 Å². The number of carbonyl (C=O) groups is 2. The Balaban J connectivity index is 1.77. The van der Waals surface area contributed by atoms with Crippen LogP contribution in [0.25, 0.3) is 0 Å². The van der Waals surface area contributed by atoms with E-state index in [1.54, 1.807) is 0 Å². The van der Waals surface area contributed by atoms with Gasteiger partial charge < -0.3 is 73.3 Å². The molecule has 68 heavy (non-hydrogen) atoms. The maximum absolute atomic E-state index is 14.2. The van der Waals surface area contributed by atoms with Crippen LogP contribution in [0.15, 0.2) is 23.9 Å².